The van der Waals surface area contributed by atoms with Crippen molar-refractivity contribution in [2.24, 2.45) is 34.5 Å². The molecule has 1 unspecified atom stereocenters. The number of carbonyl (C=O) groups excluding carboxylic acids is 2. The molecule has 8 atom stereocenters. The lowest BCUT2D eigenvalue weighted by molar-refractivity contribution is -0.165. The number of Topliss-reactive ketones (excluding diaryl/α,β-unsaturated/α-hetero) is 1. The van der Waals surface area contributed by atoms with Crippen molar-refractivity contribution >= 4 is 35.0 Å². The van der Waals surface area contributed by atoms with Crippen LogP contribution in [-0.4, -0.2) is 23.4 Å². The van der Waals surface area contributed by atoms with Crippen LogP contribution in [0.1, 0.15) is 71.6 Å². The Balaban J connectivity index is 1.20. The highest BCUT2D eigenvalue weighted by atomic mass is 35.5. The van der Waals surface area contributed by atoms with E-state index in [-0.39, 0.29) is 16.9 Å². The molecule has 0 bridgehead atoms. The van der Waals surface area contributed by atoms with Crippen LogP contribution in [0.15, 0.2) is 24.3 Å². The molecule has 5 rings (SSSR count). The van der Waals surface area contributed by atoms with Crippen LogP contribution in [0.3, 0.4) is 0 Å². The summed E-state index contributed by atoms with van der Waals surface area (Å²) in [5, 5.41) is 0.596. The number of rotatable bonds is 4. The van der Waals surface area contributed by atoms with Crippen LogP contribution in [0.25, 0.3) is 0 Å². The Morgan fingerprint density at radius 3 is 2.55 bits per heavy atom. The van der Waals surface area contributed by atoms with Gasteiger partial charge in [-0.25, -0.2) is 4.79 Å². The van der Waals surface area contributed by atoms with Crippen LogP contribution < -0.4 is 4.74 Å². The molecule has 4 saturated carbocycles. The van der Waals surface area contributed by atoms with E-state index >= 15 is 0 Å². The third kappa shape index (κ3) is 4.10. The number of halogens is 2. The van der Waals surface area contributed by atoms with Crippen LogP contribution >= 0.6 is 23.2 Å². The Morgan fingerprint density at radius 1 is 1.03 bits per heavy atom. The average Bonchev–Trinajstić information content (AvgIpc) is 3.10. The third-order valence-corrected chi connectivity index (χ3v) is 10.4. The van der Waals surface area contributed by atoms with Crippen LogP contribution in [0.2, 0.25) is 5.02 Å². The zero-order chi connectivity index (χ0) is 23.4. The molecule has 0 amide bonds. The fraction of sp³-hybridized carbons (Fsp3) is 0.704. The van der Waals surface area contributed by atoms with Gasteiger partial charge in [-0.05, 0) is 105 Å². The standard InChI is InChI=1S/C27H34Cl2O4/c1-26-13-11-19(33-25(31)24(29)32-18-6-4-17(28)5-7-18)15-16(26)3-8-20-21-9-10-23(30)27(21,2)14-12-22(20)26/h4-7,16,19-22,24H,3,8-15H2,1-2H3/t16-,19-,20-,21-,22-,24?,26-,27-/m0/s1. The summed E-state index contributed by atoms with van der Waals surface area (Å²) in [4.78, 5) is 25.2. The molecule has 0 heterocycles. The number of esters is 1. The largest absolute Gasteiger partial charge is 0.463 e. The van der Waals surface area contributed by atoms with Crippen molar-refractivity contribution in [1.29, 1.82) is 0 Å². The van der Waals surface area contributed by atoms with Crippen molar-refractivity contribution in [3.8, 4) is 5.75 Å². The predicted molar refractivity (Wildman–Crippen MR) is 128 cm³/mol. The van der Waals surface area contributed by atoms with Gasteiger partial charge in [0.15, 0.2) is 0 Å². The van der Waals surface area contributed by atoms with Gasteiger partial charge in [0.1, 0.15) is 17.6 Å². The first kappa shape index (κ1) is 23.5. The molecular formula is C27H34Cl2O4. The molecule has 4 aliphatic carbocycles. The quantitative estimate of drug-likeness (QED) is 0.342. The van der Waals surface area contributed by atoms with E-state index in [4.69, 9.17) is 32.7 Å². The van der Waals surface area contributed by atoms with Gasteiger partial charge in [-0.1, -0.05) is 37.0 Å². The summed E-state index contributed by atoms with van der Waals surface area (Å²) in [5.74, 6) is 2.95. The lowest BCUT2D eigenvalue weighted by Gasteiger charge is -2.60. The van der Waals surface area contributed by atoms with Gasteiger partial charge in [0.05, 0.1) is 0 Å². The minimum atomic E-state index is -1.17. The van der Waals surface area contributed by atoms with Gasteiger partial charge in [0.2, 0.25) is 0 Å². The molecule has 0 N–H and O–H groups in total. The molecule has 0 saturated heterocycles. The Hall–Kier alpha value is -1.26. The number of fused-ring (bicyclic) bond motifs is 5. The normalized spacial score (nSPS) is 40.8. The van der Waals surface area contributed by atoms with E-state index < -0.39 is 11.5 Å². The highest BCUT2D eigenvalue weighted by Crippen LogP contribution is 2.65. The SMILES string of the molecule is C[C@]12CC[C@H](OC(=O)C(Cl)Oc3ccc(Cl)cc3)C[C@@H]1CC[C@@H]1[C@@H]2CC[C@]2(C)C(=O)CC[C@@H]12. The minimum Gasteiger partial charge on any atom is -0.463 e. The summed E-state index contributed by atoms with van der Waals surface area (Å²) in [7, 11) is 0. The second-order valence-electron chi connectivity index (χ2n) is 11.3. The molecule has 0 aromatic heterocycles. The maximum atomic E-state index is 12.6. The lowest BCUT2D eigenvalue weighted by Crippen LogP contribution is -2.54. The van der Waals surface area contributed by atoms with Crippen molar-refractivity contribution in [3.05, 3.63) is 29.3 Å². The lowest BCUT2D eigenvalue weighted by atomic mass is 9.45. The Labute approximate surface area is 206 Å². The van der Waals surface area contributed by atoms with Crippen molar-refractivity contribution in [3.63, 3.8) is 0 Å². The highest BCUT2D eigenvalue weighted by Gasteiger charge is 2.60. The minimum absolute atomic E-state index is 0.0729. The van der Waals surface area contributed by atoms with Crippen LogP contribution in [0.5, 0.6) is 5.75 Å². The number of ether oxygens (including phenoxy) is 2. The second kappa shape index (κ2) is 8.75. The highest BCUT2D eigenvalue weighted by molar-refractivity contribution is 6.30. The molecular weight excluding hydrogens is 459 g/mol. The number of alkyl halides is 1. The van der Waals surface area contributed by atoms with Gasteiger partial charge in [-0.3, -0.25) is 4.79 Å². The van der Waals surface area contributed by atoms with E-state index in [0.717, 1.165) is 44.9 Å². The molecule has 180 valence electrons. The van der Waals surface area contributed by atoms with Crippen molar-refractivity contribution in [2.45, 2.75) is 83.3 Å². The summed E-state index contributed by atoms with van der Waals surface area (Å²) in [6, 6.07) is 6.75. The summed E-state index contributed by atoms with van der Waals surface area (Å²) in [6.07, 6.45) is 9.18. The molecule has 6 heteroatoms. The Bertz CT molecular complexity index is 917. The zero-order valence-corrected chi connectivity index (χ0v) is 21.0. The fourth-order valence-corrected chi connectivity index (χ4v) is 8.28. The first-order chi connectivity index (χ1) is 15.7. The molecule has 1 aromatic carbocycles. The topological polar surface area (TPSA) is 52.6 Å². The number of hydrogen-bond acceptors (Lipinski definition) is 4. The zero-order valence-electron chi connectivity index (χ0n) is 19.5. The maximum absolute atomic E-state index is 12.6. The van der Waals surface area contributed by atoms with Crippen LogP contribution in [0, 0.1) is 34.5 Å². The molecule has 33 heavy (non-hydrogen) atoms. The number of ketones is 1. The van der Waals surface area contributed by atoms with E-state index in [0.29, 0.717) is 40.2 Å². The van der Waals surface area contributed by atoms with E-state index in [2.05, 4.69) is 13.8 Å². The molecule has 4 aliphatic rings. The monoisotopic (exact) mass is 492 g/mol. The van der Waals surface area contributed by atoms with Crippen molar-refractivity contribution < 1.29 is 19.1 Å². The van der Waals surface area contributed by atoms with E-state index in [1.54, 1.807) is 24.3 Å². The number of hydrogen-bond donors (Lipinski definition) is 0. The smallest absolute Gasteiger partial charge is 0.363 e. The first-order valence-corrected chi connectivity index (χ1v) is 13.3. The predicted octanol–water partition coefficient (Wildman–Crippen LogP) is 6.81. The van der Waals surface area contributed by atoms with Crippen LogP contribution in [0.4, 0.5) is 0 Å². The second-order valence-corrected chi connectivity index (χ2v) is 12.1. The van der Waals surface area contributed by atoms with Gasteiger partial charge in [0, 0.05) is 16.9 Å². The summed E-state index contributed by atoms with van der Waals surface area (Å²) in [5.41, 5.74) is -0.971. The summed E-state index contributed by atoms with van der Waals surface area (Å²) in [6.45, 7) is 4.71. The molecule has 0 radical (unpaired) electrons. The molecule has 0 aliphatic heterocycles. The molecule has 4 nitrogen and oxygen atoms in total. The summed E-state index contributed by atoms with van der Waals surface area (Å²) >= 11 is 12.1. The van der Waals surface area contributed by atoms with E-state index in [9.17, 15) is 9.59 Å². The maximum Gasteiger partial charge on any atom is 0.363 e. The molecule has 0 spiro atoms. The number of carbonyl (C=O) groups is 2. The third-order valence-electron chi connectivity index (χ3n) is 9.85. The van der Waals surface area contributed by atoms with Gasteiger partial charge in [-0.15, -0.1) is 0 Å². The Kier molecular flexibility index (Phi) is 6.23. The van der Waals surface area contributed by atoms with Gasteiger partial charge in [0.25, 0.3) is 5.56 Å². The number of benzene rings is 1. The van der Waals surface area contributed by atoms with Crippen molar-refractivity contribution in [2.75, 3.05) is 0 Å². The van der Waals surface area contributed by atoms with Gasteiger partial charge in [-0.2, -0.15) is 0 Å². The molecule has 4 fully saturated rings. The Morgan fingerprint density at radius 2 is 1.79 bits per heavy atom. The van der Waals surface area contributed by atoms with Gasteiger partial charge < -0.3 is 9.47 Å². The van der Waals surface area contributed by atoms with Crippen molar-refractivity contribution in [1.82, 2.24) is 0 Å². The average molecular weight is 493 g/mol. The first-order valence-electron chi connectivity index (χ1n) is 12.5. The van der Waals surface area contributed by atoms with E-state index in [1.807, 2.05) is 0 Å². The summed E-state index contributed by atoms with van der Waals surface area (Å²) < 4.78 is 11.3. The fourth-order valence-electron chi connectivity index (χ4n) is 8.00. The molecule has 1 aromatic rings. The van der Waals surface area contributed by atoms with E-state index in [1.165, 1.54) is 12.8 Å². The van der Waals surface area contributed by atoms with Gasteiger partial charge >= 0.3 is 5.97 Å². The van der Waals surface area contributed by atoms with Crippen LogP contribution in [-0.2, 0) is 14.3 Å².